The van der Waals surface area contributed by atoms with Crippen LogP contribution in [0.15, 0.2) is 22.6 Å². The Hall–Kier alpha value is -2.40. The molecular weight excluding hydrogens is 471 g/mol. The summed E-state index contributed by atoms with van der Waals surface area (Å²) >= 11 is 0. The molecule has 10 heteroatoms. The Morgan fingerprint density at radius 2 is 1.92 bits per heavy atom. The maximum absolute atomic E-state index is 15.2. The molecule has 2 fully saturated rings. The number of ketones is 1. The average molecular weight is 507 g/mol. The highest BCUT2D eigenvalue weighted by molar-refractivity contribution is 5.88. The molecule has 2 aliphatic heterocycles. The molecule has 0 saturated carbocycles. The number of aliphatic hydroxyl groups excluding tert-OH is 2. The summed E-state index contributed by atoms with van der Waals surface area (Å²) in [5, 5.41) is 24.4. The summed E-state index contributed by atoms with van der Waals surface area (Å²) in [5.74, 6) is -3.17. The zero-order valence-corrected chi connectivity index (χ0v) is 21.3. The van der Waals surface area contributed by atoms with Gasteiger partial charge in [0.1, 0.15) is 17.4 Å². The first-order valence-electron chi connectivity index (χ1n) is 12.4. The van der Waals surface area contributed by atoms with Gasteiger partial charge in [-0.05, 0) is 24.6 Å². The van der Waals surface area contributed by atoms with Crippen molar-refractivity contribution >= 4 is 22.8 Å². The van der Waals surface area contributed by atoms with Crippen LogP contribution >= 0.6 is 0 Å². The number of epoxide rings is 1. The van der Waals surface area contributed by atoms with E-state index >= 15 is 4.39 Å². The SMILES string of the molecule is Cc1nc2cc([C@@H]3C[C@H]4O[C@@]4(F)CCO[C@@H](C)[C@@H](O)[C@@H](C)C(=O)C(C)(C)[C@@H](O)CC(=O)N3)ccc2o1. The number of aryl methyl sites for hydroxylation is 1. The van der Waals surface area contributed by atoms with Crippen molar-refractivity contribution < 1.29 is 38.1 Å². The molecule has 1 aromatic heterocycles. The van der Waals surface area contributed by atoms with E-state index in [0.29, 0.717) is 22.6 Å². The quantitative estimate of drug-likeness (QED) is 0.503. The van der Waals surface area contributed by atoms with Crippen molar-refractivity contribution in [3.05, 3.63) is 29.7 Å². The van der Waals surface area contributed by atoms with Crippen LogP contribution in [0.2, 0.25) is 0 Å². The molecule has 0 aliphatic carbocycles. The Morgan fingerprint density at radius 3 is 2.64 bits per heavy atom. The summed E-state index contributed by atoms with van der Waals surface area (Å²) < 4.78 is 31.8. The standard InChI is InChI=1S/C26H35FN2O7/c1-13-23(32)14(2)34-9-8-26(27)21(36-26)11-17(16-6-7-19-18(10-16)28-15(3)35-19)29-22(31)12-20(30)25(4,5)24(13)33/h6-7,10,13-14,17,20-21,23,30,32H,8-9,11-12H2,1-5H3,(H,29,31)/t13-,14+,17+,20+,21-,23+,26+/m1/s1. The van der Waals surface area contributed by atoms with Crippen LogP contribution in [0.1, 0.15) is 64.5 Å². The van der Waals surface area contributed by atoms with Gasteiger partial charge in [0.05, 0.1) is 42.8 Å². The van der Waals surface area contributed by atoms with Gasteiger partial charge in [0, 0.05) is 25.7 Å². The topological polar surface area (TPSA) is 134 Å². The molecule has 0 bridgehead atoms. The predicted octanol–water partition coefficient (Wildman–Crippen LogP) is 2.90. The molecule has 198 valence electrons. The van der Waals surface area contributed by atoms with E-state index < -0.39 is 59.3 Å². The van der Waals surface area contributed by atoms with Crippen LogP contribution < -0.4 is 5.32 Å². The van der Waals surface area contributed by atoms with Crippen molar-refractivity contribution in [1.82, 2.24) is 10.3 Å². The molecule has 0 spiro atoms. The van der Waals surface area contributed by atoms with E-state index in [1.807, 2.05) is 0 Å². The van der Waals surface area contributed by atoms with Gasteiger partial charge in [-0.1, -0.05) is 26.8 Å². The monoisotopic (exact) mass is 506 g/mol. The Bertz CT molecular complexity index is 1130. The number of halogens is 1. The van der Waals surface area contributed by atoms with Gasteiger partial charge in [-0.15, -0.1) is 0 Å². The summed E-state index contributed by atoms with van der Waals surface area (Å²) in [4.78, 5) is 30.5. The number of rotatable bonds is 1. The number of oxazole rings is 1. The molecule has 2 aromatic rings. The second kappa shape index (κ2) is 9.81. The number of alkyl halides is 1. The Morgan fingerprint density at radius 1 is 1.19 bits per heavy atom. The van der Waals surface area contributed by atoms with Crippen molar-refractivity contribution in [2.45, 2.75) is 90.2 Å². The highest BCUT2D eigenvalue weighted by atomic mass is 19.2. The van der Waals surface area contributed by atoms with E-state index in [1.54, 1.807) is 52.8 Å². The van der Waals surface area contributed by atoms with E-state index in [2.05, 4.69) is 10.3 Å². The molecule has 1 aromatic carbocycles. The number of hydrogen-bond donors (Lipinski definition) is 3. The minimum atomic E-state index is -1.91. The van der Waals surface area contributed by atoms with Gasteiger partial charge in [0.25, 0.3) is 0 Å². The summed E-state index contributed by atoms with van der Waals surface area (Å²) in [6.07, 6.45) is -4.21. The first kappa shape index (κ1) is 26.7. The summed E-state index contributed by atoms with van der Waals surface area (Å²) in [6.45, 7) is 8.00. The smallest absolute Gasteiger partial charge is 0.238 e. The number of aliphatic hydroxyl groups is 2. The second-order valence-electron chi connectivity index (χ2n) is 10.6. The normalized spacial score (nSPS) is 36.3. The fourth-order valence-corrected chi connectivity index (χ4v) is 4.89. The zero-order valence-electron chi connectivity index (χ0n) is 21.3. The number of nitrogens with zero attached hydrogens (tertiary/aromatic N) is 1. The number of ether oxygens (including phenoxy) is 2. The number of fused-ring (bicyclic) bond motifs is 2. The van der Waals surface area contributed by atoms with Crippen LogP contribution in [0, 0.1) is 18.3 Å². The van der Waals surface area contributed by atoms with Crippen LogP contribution in [0.3, 0.4) is 0 Å². The number of carbonyl (C=O) groups excluding carboxylic acids is 2. The third-order valence-corrected chi connectivity index (χ3v) is 7.55. The molecular formula is C26H35FN2O7. The molecule has 2 aliphatic rings. The molecule has 36 heavy (non-hydrogen) atoms. The van der Waals surface area contributed by atoms with E-state index in [1.165, 1.54) is 0 Å². The lowest BCUT2D eigenvalue weighted by Gasteiger charge is -2.34. The van der Waals surface area contributed by atoms with Crippen molar-refractivity contribution in [3.8, 4) is 0 Å². The number of hydrogen-bond acceptors (Lipinski definition) is 8. The predicted molar refractivity (Wildman–Crippen MR) is 128 cm³/mol. The summed E-state index contributed by atoms with van der Waals surface area (Å²) in [5.41, 5.74) is 0.594. The van der Waals surface area contributed by atoms with Crippen molar-refractivity contribution in [2.24, 2.45) is 11.3 Å². The van der Waals surface area contributed by atoms with Crippen molar-refractivity contribution in [1.29, 1.82) is 0 Å². The molecule has 2 saturated heterocycles. The third kappa shape index (κ3) is 5.32. The Kier molecular flexibility index (Phi) is 7.27. The molecule has 4 rings (SSSR count). The minimum Gasteiger partial charge on any atom is -0.441 e. The van der Waals surface area contributed by atoms with Crippen LogP contribution in [0.5, 0.6) is 0 Å². The summed E-state index contributed by atoms with van der Waals surface area (Å²) in [7, 11) is 0. The van der Waals surface area contributed by atoms with E-state index in [4.69, 9.17) is 13.9 Å². The van der Waals surface area contributed by atoms with Crippen molar-refractivity contribution in [2.75, 3.05) is 6.61 Å². The Balaban J connectivity index is 1.61. The van der Waals surface area contributed by atoms with Crippen LogP contribution in [-0.2, 0) is 19.1 Å². The number of amides is 1. The molecule has 1 amide bonds. The molecule has 0 unspecified atom stereocenters. The van der Waals surface area contributed by atoms with E-state index in [9.17, 15) is 19.8 Å². The van der Waals surface area contributed by atoms with Gasteiger partial charge in [-0.2, -0.15) is 0 Å². The number of nitrogens with one attached hydrogen (secondary N) is 1. The van der Waals surface area contributed by atoms with Gasteiger partial charge < -0.3 is 29.4 Å². The van der Waals surface area contributed by atoms with Gasteiger partial charge in [0.15, 0.2) is 11.5 Å². The third-order valence-electron chi connectivity index (χ3n) is 7.55. The van der Waals surface area contributed by atoms with Gasteiger partial charge in [0.2, 0.25) is 11.8 Å². The largest absolute Gasteiger partial charge is 0.441 e. The number of carbonyl (C=O) groups is 2. The lowest BCUT2D eigenvalue weighted by atomic mass is 9.74. The van der Waals surface area contributed by atoms with E-state index in [0.717, 1.165) is 0 Å². The zero-order chi connectivity index (χ0) is 26.4. The first-order chi connectivity index (χ1) is 16.8. The molecule has 7 atom stereocenters. The molecule has 9 nitrogen and oxygen atoms in total. The molecule has 0 radical (unpaired) electrons. The van der Waals surface area contributed by atoms with Crippen LogP contribution in [0.4, 0.5) is 4.39 Å². The van der Waals surface area contributed by atoms with Gasteiger partial charge in [-0.3, -0.25) is 9.59 Å². The lowest BCUT2D eigenvalue weighted by Crippen LogP contribution is -2.47. The van der Waals surface area contributed by atoms with Crippen LogP contribution in [0.25, 0.3) is 11.1 Å². The first-order valence-corrected chi connectivity index (χ1v) is 12.4. The highest BCUT2D eigenvalue weighted by Crippen LogP contribution is 2.46. The molecule has 3 heterocycles. The van der Waals surface area contributed by atoms with Gasteiger partial charge >= 0.3 is 0 Å². The maximum Gasteiger partial charge on any atom is 0.238 e. The number of aromatic nitrogens is 1. The lowest BCUT2D eigenvalue weighted by molar-refractivity contribution is -0.146. The maximum atomic E-state index is 15.2. The average Bonchev–Trinajstić information content (AvgIpc) is 3.28. The van der Waals surface area contributed by atoms with Crippen molar-refractivity contribution in [3.63, 3.8) is 0 Å². The minimum absolute atomic E-state index is 0.0145. The van der Waals surface area contributed by atoms with Gasteiger partial charge in [-0.25, -0.2) is 9.37 Å². The highest BCUT2D eigenvalue weighted by Gasteiger charge is 2.58. The van der Waals surface area contributed by atoms with Crippen LogP contribution in [-0.4, -0.2) is 63.8 Å². The number of Topliss-reactive ketones (excluding diaryl/α,β-unsaturated/α-hetero) is 1. The fourth-order valence-electron chi connectivity index (χ4n) is 4.89. The van der Waals surface area contributed by atoms with E-state index in [-0.39, 0.29) is 25.9 Å². The number of benzene rings is 1. The fraction of sp³-hybridized carbons (Fsp3) is 0.654. The molecule has 3 N–H and O–H groups in total. The Labute approximate surface area is 209 Å². The second-order valence-corrected chi connectivity index (χ2v) is 10.6. The summed E-state index contributed by atoms with van der Waals surface area (Å²) in [6, 6.07) is 4.66.